The fraction of sp³-hybridized carbons (Fsp3) is 0.333. The van der Waals surface area contributed by atoms with Gasteiger partial charge in [-0.15, -0.1) is 0 Å². The van der Waals surface area contributed by atoms with Gasteiger partial charge in [-0.2, -0.15) is 0 Å². The molecule has 0 spiro atoms. The Hall–Kier alpha value is -2.87. The molecule has 3 aromatic rings. The van der Waals surface area contributed by atoms with Gasteiger partial charge in [-0.3, -0.25) is 14.4 Å². The fourth-order valence-electron chi connectivity index (χ4n) is 3.64. The number of nitro benzene ring substituents is 1. The molecule has 1 atom stereocenters. The molecule has 0 aliphatic heterocycles. The highest BCUT2D eigenvalue weighted by molar-refractivity contribution is 7.92. The zero-order valence-corrected chi connectivity index (χ0v) is 17.5. The molecule has 0 saturated heterocycles. The maximum atomic E-state index is 13.4. The highest BCUT2D eigenvalue weighted by Crippen LogP contribution is 2.29. The molecule has 7 nitrogen and oxygen atoms in total. The first kappa shape index (κ1) is 20.9. The van der Waals surface area contributed by atoms with E-state index in [0.29, 0.717) is 23.6 Å². The van der Waals surface area contributed by atoms with E-state index in [2.05, 4.69) is 18.8 Å². The number of benzene rings is 2. The summed E-state index contributed by atoms with van der Waals surface area (Å²) in [5.74, 6) is 0.108. The third-order valence-corrected chi connectivity index (χ3v) is 6.67. The van der Waals surface area contributed by atoms with E-state index in [1.54, 1.807) is 0 Å². The quantitative estimate of drug-likeness (QED) is 0.420. The largest absolute Gasteiger partial charge is 0.361 e. The van der Waals surface area contributed by atoms with Crippen molar-refractivity contribution in [1.29, 1.82) is 0 Å². The number of aromatic amines is 1. The number of rotatable bonds is 8. The average molecular weight is 416 g/mol. The smallest absolute Gasteiger partial charge is 0.269 e. The normalized spacial score (nSPS) is 13.0. The number of aromatic nitrogens is 1. The number of fused-ring (bicyclic) bond motifs is 1. The molecular formula is C21H25N3O4S. The summed E-state index contributed by atoms with van der Waals surface area (Å²) in [7, 11) is -3.70. The van der Waals surface area contributed by atoms with E-state index in [1.807, 2.05) is 37.4 Å². The lowest BCUT2D eigenvalue weighted by atomic mass is 10.0. The van der Waals surface area contributed by atoms with Gasteiger partial charge in [0.25, 0.3) is 5.69 Å². The Kier molecular flexibility index (Phi) is 5.93. The van der Waals surface area contributed by atoms with Crippen molar-refractivity contribution in [2.24, 2.45) is 5.92 Å². The van der Waals surface area contributed by atoms with Gasteiger partial charge >= 0.3 is 0 Å². The minimum atomic E-state index is -3.70. The molecule has 8 heteroatoms. The molecule has 0 aliphatic rings. The first-order valence-electron chi connectivity index (χ1n) is 9.50. The van der Waals surface area contributed by atoms with E-state index in [9.17, 15) is 18.5 Å². The predicted octanol–water partition coefficient (Wildman–Crippen LogP) is 4.85. The summed E-state index contributed by atoms with van der Waals surface area (Å²) in [6.45, 7) is 6.04. The Balaban J connectivity index is 1.97. The minimum Gasteiger partial charge on any atom is -0.361 e. The topological polar surface area (TPSA) is 96.3 Å². The van der Waals surface area contributed by atoms with Gasteiger partial charge in [0.15, 0.2) is 0 Å². The zero-order chi connectivity index (χ0) is 21.2. The van der Waals surface area contributed by atoms with Crippen molar-refractivity contribution in [2.75, 3.05) is 4.31 Å². The fourth-order valence-corrected chi connectivity index (χ4v) is 5.46. The first-order valence-corrected chi connectivity index (χ1v) is 11.1. The zero-order valence-electron chi connectivity index (χ0n) is 16.7. The summed E-state index contributed by atoms with van der Waals surface area (Å²) in [5, 5.41) is 11.8. The van der Waals surface area contributed by atoms with E-state index >= 15 is 0 Å². The Bertz CT molecular complexity index is 1100. The van der Waals surface area contributed by atoms with E-state index in [0.717, 1.165) is 10.9 Å². The number of sulfonamides is 1. The number of nitrogens with zero attached hydrogens (tertiary/aromatic N) is 2. The molecule has 1 unspecified atom stereocenters. The second-order valence-corrected chi connectivity index (χ2v) is 9.55. The van der Waals surface area contributed by atoms with Crippen LogP contribution in [0, 0.1) is 16.0 Å². The highest BCUT2D eigenvalue weighted by atomic mass is 32.2. The minimum absolute atomic E-state index is 0.0610. The molecule has 154 valence electrons. The summed E-state index contributed by atoms with van der Waals surface area (Å²) in [5.41, 5.74) is 2.01. The van der Waals surface area contributed by atoms with Crippen LogP contribution in [-0.2, 0) is 15.8 Å². The van der Waals surface area contributed by atoms with Crippen molar-refractivity contribution >= 4 is 32.3 Å². The summed E-state index contributed by atoms with van der Waals surface area (Å²) in [6, 6.07) is 12.9. The first-order chi connectivity index (χ1) is 13.7. The number of hydrogen-bond acceptors (Lipinski definition) is 4. The van der Waals surface area contributed by atoms with Gasteiger partial charge in [0.05, 0.1) is 16.4 Å². The molecular weight excluding hydrogens is 390 g/mol. The highest BCUT2D eigenvalue weighted by Gasteiger charge is 2.29. The van der Waals surface area contributed by atoms with E-state index in [4.69, 9.17) is 0 Å². The number of non-ortho nitro benzene ring substituents is 1. The standard InChI is InChI=1S/C21H25N3O4S/c1-15(2)12-16(3)23(20-8-9-21-18(13-20)10-11-22-21)29(27,28)14-17-4-6-19(7-5-17)24(25)26/h4-11,13,15-16,22H,12,14H2,1-3H3. The van der Waals surface area contributed by atoms with E-state index in [-0.39, 0.29) is 17.5 Å². The average Bonchev–Trinajstić information content (AvgIpc) is 3.08. The monoisotopic (exact) mass is 415 g/mol. The lowest BCUT2D eigenvalue weighted by molar-refractivity contribution is -0.384. The Morgan fingerprint density at radius 3 is 2.38 bits per heavy atom. The number of nitrogens with one attached hydrogen (secondary N) is 1. The van der Waals surface area contributed by atoms with Gasteiger partial charge in [-0.05, 0) is 49.1 Å². The van der Waals surface area contributed by atoms with Crippen LogP contribution in [0.2, 0.25) is 0 Å². The van der Waals surface area contributed by atoms with Crippen LogP contribution in [0.5, 0.6) is 0 Å². The van der Waals surface area contributed by atoms with Crippen LogP contribution in [0.3, 0.4) is 0 Å². The number of anilines is 1. The predicted molar refractivity (Wildman–Crippen MR) is 115 cm³/mol. The molecule has 0 bridgehead atoms. The van der Waals surface area contributed by atoms with Gasteiger partial charge in [-0.1, -0.05) is 26.0 Å². The molecule has 1 N–H and O–H groups in total. The van der Waals surface area contributed by atoms with Crippen molar-refractivity contribution in [3.63, 3.8) is 0 Å². The summed E-state index contributed by atoms with van der Waals surface area (Å²) in [4.78, 5) is 13.5. The SMILES string of the molecule is CC(C)CC(C)N(c1ccc2[nH]ccc2c1)S(=O)(=O)Cc1ccc([N+](=O)[O-])cc1. The van der Waals surface area contributed by atoms with Crippen LogP contribution in [0.1, 0.15) is 32.8 Å². The molecule has 29 heavy (non-hydrogen) atoms. The maximum absolute atomic E-state index is 13.4. The van der Waals surface area contributed by atoms with E-state index in [1.165, 1.54) is 28.6 Å². The molecule has 0 fully saturated rings. The molecule has 1 heterocycles. The van der Waals surface area contributed by atoms with Crippen molar-refractivity contribution < 1.29 is 13.3 Å². The summed E-state index contributed by atoms with van der Waals surface area (Å²) < 4.78 is 28.3. The van der Waals surface area contributed by atoms with Crippen LogP contribution >= 0.6 is 0 Å². The van der Waals surface area contributed by atoms with Crippen LogP contribution in [0.25, 0.3) is 10.9 Å². The third kappa shape index (κ3) is 4.76. The van der Waals surface area contributed by atoms with Crippen molar-refractivity contribution in [3.8, 4) is 0 Å². The summed E-state index contributed by atoms with van der Waals surface area (Å²) >= 11 is 0. The van der Waals surface area contributed by atoms with Crippen LogP contribution in [-0.4, -0.2) is 24.4 Å². The summed E-state index contributed by atoms with van der Waals surface area (Å²) in [6.07, 6.45) is 2.53. The number of H-pyrrole nitrogens is 1. The second-order valence-electron chi connectivity index (χ2n) is 7.70. The van der Waals surface area contributed by atoms with Crippen molar-refractivity contribution in [1.82, 2.24) is 4.98 Å². The van der Waals surface area contributed by atoms with Crippen LogP contribution < -0.4 is 4.31 Å². The molecule has 0 amide bonds. The Morgan fingerprint density at radius 1 is 1.07 bits per heavy atom. The molecule has 3 rings (SSSR count). The molecule has 0 radical (unpaired) electrons. The second kappa shape index (κ2) is 8.24. The lowest BCUT2D eigenvalue weighted by Gasteiger charge is -2.31. The number of nitro groups is 1. The van der Waals surface area contributed by atoms with Gasteiger partial charge in [0.1, 0.15) is 0 Å². The van der Waals surface area contributed by atoms with Gasteiger partial charge in [-0.25, -0.2) is 8.42 Å². The van der Waals surface area contributed by atoms with Crippen LogP contribution in [0.15, 0.2) is 54.7 Å². The lowest BCUT2D eigenvalue weighted by Crippen LogP contribution is -2.40. The molecule has 2 aromatic carbocycles. The van der Waals surface area contributed by atoms with Crippen molar-refractivity contribution in [2.45, 2.75) is 39.0 Å². The van der Waals surface area contributed by atoms with E-state index < -0.39 is 14.9 Å². The van der Waals surface area contributed by atoms with Crippen LogP contribution in [0.4, 0.5) is 11.4 Å². The molecule has 1 aromatic heterocycles. The van der Waals surface area contributed by atoms with Gasteiger partial charge < -0.3 is 4.98 Å². The third-order valence-electron chi connectivity index (χ3n) is 4.80. The maximum Gasteiger partial charge on any atom is 0.269 e. The van der Waals surface area contributed by atoms with Gasteiger partial charge in [0.2, 0.25) is 10.0 Å². The molecule has 0 aliphatic carbocycles. The number of hydrogen-bond donors (Lipinski definition) is 1. The van der Waals surface area contributed by atoms with Gasteiger partial charge in [0, 0.05) is 35.3 Å². The molecule has 0 saturated carbocycles. The Morgan fingerprint density at radius 2 is 1.76 bits per heavy atom. The Labute approximate surface area is 170 Å². The van der Waals surface area contributed by atoms with Crippen molar-refractivity contribution in [3.05, 3.63) is 70.4 Å².